The predicted molar refractivity (Wildman–Crippen MR) is 95.8 cm³/mol. The minimum absolute atomic E-state index is 0.00879. The number of hydrogen-bond donors (Lipinski definition) is 2. The van der Waals surface area contributed by atoms with Gasteiger partial charge in [-0.2, -0.15) is 5.10 Å². The molecule has 7 nitrogen and oxygen atoms in total. The van der Waals surface area contributed by atoms with Gasteiger partial charge in [-0.1, -0.05) is 0 Å². The van der Waals surface area contributed by atoms with Crippen molar-refractivity contribution in [2.24, 2.45) is 11.8 Å². The van der Waals surface area contributed by atoms with E-state index in [1.165, 1.54) is 6.92 Å². The molecule has 1 aromatic heterocycles. The number of carbonyl (C=O) groups excluding carboxylic acids is 2. The van der Waals surface area contributed by atoms with Gasteiger partial charge >= 0.3 is 0 Å². The van der Waals surface area contributed by atoms with E-state index in [1.54, 1.807) is 4.68 Å². The quantitative estimate of drug-likeness (QED) is 0.785. The van der Waals surface area contributed by atoms with Crippen molar-refractivity contribution >= 4 is 11.7 Å². The molecule has 2 fully saturated rings. The lowest BCUT2D eigenvalue weighted by Crippen LogP contribution is -2.38. The zero-order chi connectivity index (χ0) is 19.2. The fraction of sp³-hybridized carbons (Fsp3) is 0.737. The predicted octanol–water partition coefficient (Wildman–Crippen LogP) is 1.24. The van der Waals surface area contributed by atoms with Crippen LogP contribution in [0.15, 0.2) is 0 Å². The number of likely N-dealkylation sites (tertiary alicyclic amines) is 1. The average molecular weight is 363 g/mol. The van der Waals surface area contributed by atoms with Crippen molar-refractivity contribution in [1.82, 2.24) is 14.7 Å². The molecule has 1 saturated heterocycles. The molecular formula is C19H29N3O4. The van der Waals surface area contributed by atoms with Crippen molar-refractivity contribution in [3.63, 3.8) is 0 Å². The fourth-order valence-electron chi connectivity index (χ4n) is 4.68. The monoisotopic (exact) mass is 363 g/mol. The van der Waals surface area contributed by atoms with Gasteiger partial charge in [0.25, 0.3) is 0 Å². The number of rotatable bonds is 4. The van der Waals surface area contributed by atoms with Gasteiger partial charge in [0.05, 0.1) is 29.5 Å². The average Bonchev–Trinajstić information content (AvgIpc) is 3.08. The molecule has 144 valence electrons. The van der Waals surface area contributed by atoms with Gasteiger partial charge in [0.1, 0.15) is 0 Å². The smallest absolute Gasteiger partial charge is 0.224 e. The molecule has 0 unspecified atom stereocenters. The molecule has 7 heteroatoms. The van der Waals surface area contributed by atoms with Crippen molar-refractivity contribution in [3.8, 4) is 0 Å². The van der Waals surface area contributed by atoms with Crippen LogP contribution in [0, 0.1) is 25.7 Å². The molecule has 1 saturated carbocycles. The first kappa shape index (κ1) is 19.0. The van der Waals surface area contributed by atoms with Gasteiger partial charge in [-0.15, -0.1) is 0 Å². The van der Waals surface area contributed by atoms with E-state index in [2.05, 4.69) is 5.10 Å². The third kappa shape index (κ3) is 3.42. The summed E-state index contributed by atoms with van der Waals surface area (Å²) in [4.78, 5) is 26.4. The lowest BCUT2D eigenvalue weighted by atomic mass is 9.79. The molecule has 2 N–H and O–H groups in total. The van der Waals surface area contributed by atoms with Crippen molar-refractivity contribution in [2.75, 3.05) is 13.1 Å². The molecule has 0 radical (unpaired) electrons. The van der Waals surface area contributed by atoms with E-state index in [0.29, 0.717) is 43.6 Å². The second kappa shape index (κ2) is 7.12. The molecule has 26 heavy (non-hydrogen) atoms. The zero-order valence-corrected chi connectivity index (χ0v) is 16.0. The van der Waals surface area contributed by atoms with Gasteiger partial charge in [0.2, 0.25) is 5.91 Å². The summed E-state index contributed by atoms with van der Waals surface area (Å²) >= 11 is 0. The van der Waals surface area contributed by atoms with E-state index in [9.17, 15) is 19.8 Å². The summed E-state index contributed by atoms with van der Waals surface area (Å²) in [6.07, 6.45) is 0.0915. The molecule has 0 spiro atoms. The van der Waals surface area contributed by atoms with E-state index in [1.807, 2.05) is 25.7 Å². The molecule has 0 bridgehead atoms. The Bertz CT molecular complexity index is 696. The van der Waals surface area contributed by atoms with E-state index in [-0.39, 0.29) is 29.6 Å². The maximum atomic E-state index is 12.8. The SMILES string of the molecule is CC(=O)c1c(C)nn([C@H](C)CC(=O)N2C[C@H]3C[C@H](O)[C@@H](O)C[C@H]3C2)c1C. The Morgan fingerprint density at radius 2 is 1.69 bits per heavy atom. The van der Waals surface area contributed by atoms with E-state index < -0.39 is 12.2 Å². The Balaban J connectivity index is 1.66. The Kier molecular flexibility index (Phi) is 5.21. The first-order valence-electron chi connectivity index (χ1n) is 9.39. The highest BCUT2D eigenvalue weighted by Crippen LogP contribution is 2.37. The van der Waals surface area contributed by atoms with Crippen LogP contribution in [-0.2, 0) is 4.79 Å². The highest BCUT2D eigenvalue weighted by molar-refractivity contribution is 5.96. The number of nitrogens with zero attached hydrogens (tertiary/aromatic N) is 3. The molecule has 2 aliphatic rings. The summed E-state index contributed by atoms with van der Waals surface area (Å²) in [6, 6.07) is -0.131. The van der Waals surface area contributed by atoms with Crippen molar-refractivity contribution in [2.45, 2.75) is 65.2 Å². The van der Waals surface area contributed by atoms with Crippen LogP contribution in [0.1, 0.15) is 60.9 Å². The Morgan fingerprint density at radius 3 is 2.15 bits per heavy atom. The molecule has 3 rings (SSSR count). The number of aliphatic hydroxyl groups is 2. The summed E-state index contributed by atoms with van der Waals surface area (Å²) in [5.74, 6) is 0.592. The first-order valence-corrected chi connectivity index (χ1v) is 9.39. The van der Waals surface area contributed by atoms with Gasteiger partial charge in [0.15, 0.2) is 5.78 Å². The zero-order valence-electron chi connectivity index (χ0n) is 16.0. The highest BCUT2D eigenvalue weighted by Gasteiger charge is 2.42. The maximum absolute atomic E-state index is 12.8. The number of fused-ring (bicyclic) bond motifs is 1. The third-order valence-corrected chi connectivity index (χ3v) is 6.03. The van der Waals surface area contributed by atoms with Crippen molar-refractivity contribution in [1.29, 1.82) is 0 Å². The molecule has 1 aromatic rings. The number of Topliss-reactive ketones (excluding diaryl/α,β-unsaturated/α-hetero) is 1. The summed E-state index contributed by atoms with van der Waals surface area (Å²) in [5, 5.41) is 24.2. The lowest BCUT2D eigenvalue weighted by Gasteiger charge is -2.31. The topological polar surface area (TPSA) is 95.7 Å². The Hall–Kier alpha value is -1.73. The summed E-state index contributed by atoms with van der Waals surface area (Å²) in [5.41, 5.74) is 2.14. The number of hydrogen-bond acceptors (Lipinski definition) is 5. The van der Waals surface area contributed by atoms with Crippen molar-refractivity contribution in [3.05, 3.63) is 17.0 Å². The Morgan fingerprint density at radius 1 is 1.15 bits per heavy atom. The van der Waals surface area contributed by atoms with Gasteiger partial charge < -0.3 is 15.1 Å². The minimum atomic E-state index is -0.676. The van der Waals surface area contributed by atoms with Crippen LogP contribution in [0.4, 0.5) is 0 Å². The number of aliphatic hydroxyl groups excluding tert-OH is 2. The van der Waals surface area contributed by atoms with Crippen LogP contribution in [0.5, 0.6) is 0 Å². The van der Waals surface area contributed by atoms with Crippen LogP contribution in [0.25, 0.3) is 0 Å². The first-order chi connectivity index (χ1) is 12.2. The molecular weight excluding hydrogens is 334 g/mol. The largest absolute Gasteiger partial charge is 0.390 e. The molecule has 1 aliphatic heterocycles. The number of aryl methyl sites for hydroxylation is 1. The maximum Gasteiger partial charge on any atom is 0.224 e. The van der Waals surface area contributed by atoms with Gasteiger partial charge in [-0.05, 0) is 52.4 Å². The fourth-order valence-corrected chi connectivity index (χ4v) is 4.68. The molecule has 2 heterocycles. The molecule has 1 aliphatic carbocycles. The molecule has 0 aromatic carbocycles. The normalized spacial score (nSPS) is 29.5. The van der Waals surface area contributed by atoms with Gasteiger partial charge in [0, 0.05) is 25.2 Å². The number of ketones is 1. The third-order valence-electron chi connectivity index (χ3n) is 6.03. The molecule has 5 atom stereocenters. The minimum Gasteiger partial charge on any atom is -0.390 e. The van der Waals surface area contributed by atoms with Crippen LogP contribution in [0.3, 0.4) is 0 Å². The van der Waals surface area contributed by atoms with E-state index in [0.717, 1.165) is 5.69 Å². The van der Waals surface area contributed by atoms with E-state index >= 15 is 0 Å². The van der Waals surface area contributed by atoms with E-state index in [4.69, 9.17) is 0 Å². The lowest BCUT2D eigenvalue weighted by molar-refractivity contribution is -0.131. The second-order valence-corrected chi connectivity index (χ2v) is 8.02. The number of aromatic nitrogens is 2. The standard InChI is InChI=1S/C19H29N3O4/c1-10(22-12(3)19(13(4)23)11(2)20-22)5-18(26)21-8-14-6-16(24)17(25)7-15(14)9-21/h10,14-17,24-25H,5-9H2,1-4H3/t10-,14-,15+,16+,17+/m1/s1. The van der Waals surface area contributed by atoms with Crippen LogP contribution in [0.2, 0.25) is 0 Å². The highest BCUT2D eigenvalue weighted by atomic mass is 16.3. The second-order valence-electron chi connectivity index (χ2n) is 8.02. The summed E-state index contributed by atoms with van der Waals surface area (Å²) < 4.78 is 1.78. The van der Waals surface area contributed by atoms with Crippen molar-refractivity contribution < 1.29 is 19.8 Å². The summed E-state index contributed by atoms with van der Waals surface area (Å²) in [7, 11) is 0. The van der Waals surface area contributed by atoms with Crippen LogP contribution in [-0.4, -0.2) is 61.9 Å². The van der Waals surface area contributed by atoms with Crippen LogP contribution < -0.4 is 0 Å². The van der Waals surface area contributed by atoms with Gasteiger partial charge in [-0.3, -0.25) is 14.3 Å². The van der Waals surface area contributed by atoms with Crippen LogP contribution >= 0.6 is 0 Å². The molecule has 1 amide bonds. The number of amides is 1. The summed E-state index contributed by atoms with van der Waals surface area (Å²) in [6.45, 7) is 8.46. The van der Waals surface area contributed by atoms with Gasteiger partial charge in [-0.25, -0.2) is 0 Å². The number of carbonyl (C=O) groups is 2. The Labute approximate surface area is 154 Å².